The molecule has 0 spiro atoms. The van der Waals surface area contributed by atoms with Crippen LogP contribution in [0.15, 0.2) is 54.6 Å². The lowest BCUT2D eigenvalue weighted by atomic mass is 9.66. The molecule has 0 aromatic heterocycles. The van der Waals surface area contributed by atoms with Gasteiger partial charge in [-0.2, -0.15) is 0 Å². The Kier molecular flexibility index (Phi) is 6.16. The maximum Gasteiger partial charge on any atom is 0.323 e. The van der Waals surface area contributed by atoms with Gasteiger partial charge in [-0.3, -0.25) is 9.59 Å². The highest BCUT2D eigenvalue weighted by Crippen LogP contribution is 2.46. The second kappa shape index (κ2) is 8.47. The van der Waals surface area contributed by atoms with Crippen molar-refractivity contribution in [3.63, 3.8) is 0 Å². The number of esters is 2. The van der Waals surface area contributed by atoms with Gasteiger partial charge in [0.25, 0.3) is 0 Å². The average Bonchev–Trinajstić information content (AvgIpc) is 2.75. The summed E-state index contributed by atoms with van der Waals surface area (Å²) in [7, 11) is 2.64. The molecule has 2 aromatic rings. The van der Waals surface area contributed by atoms with Gasteiger partial charge in [-0.05, 0) is 40.5 Å². The zero-order valence-electron chi connectivity index (χ0n) is 18.4. The third kappa shape index (κ3) is 4.18. The van der Waals surface area contributed by atoms with E-state index in [1.807, 2.05) is 42.5 Å². The van der Waals surface area contributed by atoms with Crippen LogP contribution < -0.4 is 0 Å². The van der Waals surface area contributed by atoms with Crippen molar-refractivity contribution in [2.45, 2.75) is 44.9 Å². The summed E-state index contributed by atoms with van der Waals surface area (Å²) in [6.07, 6.45) is 4.72. The van der Waals surface area contributed by atoms with Gasteiger partial charge < -0.3 is 9.47 Å². The van der Waals surface area contributed by atoms with E-state index in [9.17, 15) is 9.59 Å². The highest BCUT2D eigenvalue weighted by molar-refractivity contribution is 6.01. The van der Waals surface area contributed by atoms with Crippen LogP contribution in [0.2, 0.25) is 0 Å². The summed E-state index contributed by atoms with van der Waals surface area (Å²) < 4.78 is 10.1. The molecule has 1 aliphatic carbocycles. The predicted octanol–water partition coefficient (Wildman–Crippen LogP) is 5.06. The molecule has 1 unspecified atom stereocenters. The lowest BCUT2D eigenvalue weighted by Gasteiger charge is -2.37. The van der Waals surface area contributed by atoms with Gasteiger partial charge >= 0.3 is 11.9 Å². The van der Waals surface area contributed by atoms with E-state index in [0.29, 0.717) is 6.42 Å². The molecule has 0 aliphatic heterocycles. The average molecular weight is 407 g/mol. The summed E-state index contributed by atoms with van der Waals surface area (Å²) in [5, 5.41) is 0. The topological polar surface area (TPSA) is 52.6 Å². The zero-order chi connectivity index (χ0) is 21.9. The number of rotatable bonds is 4. The number of allylic oxidation sites excluding steroid dienone is 1. The Morgan fingerprint density at radius 2 is 1.63 bits per heavy atom. The smallest absolute Gasteiger partial charge is 0.323 e. The van der Waals surface area contributed by atoms with E-state index in [1.54, 1.807) is 0 Å². The van der Waals surface area contributed by atoms with Crippen molar-refractivity contribution in [3.8, 4) is 0 Å². The Balaban J connectivity index is 2.13. The van der Waals surface area contributed by atoms with Crippen molar-refractivity contribution >= 4 is 18.0 Å². The van der Waals surface area contributed by atoms with Crippen LogP contribution in [0.3, 0.4) is 0 Å². The van der Waals surface area contributed by atoms with Gasteiger partial charge in [0.05, 0.1) is 14.2 Å². The molecule has 0 fully saturated rings. The molecular formula is C26H30O4. The van der Waals surface area contributed by atoms with Gasteiger partial charge in [0.1, 0.15) is 0 Å². The van der Waals surface area contributed by atoms with Crippen molar-refractivity contribution in [1.29, 1.82) is 0 Å². The second-order valence-corrected chi connectivity index (χ2v) is 8.99. The van der Waals surface area contributed by atoms with Gasteiger partial charge in [0, 0.05) is 5.92 Å². The van der Waals surface area contributed by atoms with Crippen LogP contribution >= 0.6 is 0 Å². The molecule has 0 amide bonds. The van der Waals surface area contributed by atoms with Gasteiger partial charge in [0.15, 0.2) is 5.41 Å². The summed E-state index contributed by atoms with van der Waals surface area (Å²) >= 11 is 0. The van der Waals surface area contributed by atoms with Crippen LogP contribution in [0.25, 0.3) is 6.08 Å². The molecule has 1 atom stereocenters. The summed E-state index contributed by atoms with van der Waals surface area (Å²) in [6, 6.07) is 16.3. The van der Waals surface area contributed by atoms with Crippen LogP contribution in [-0.2, 0) is 30.9 Å². The molecule has 0 N–H and O–H groups in total. The third-order valence-electron chi connectivity index (χ3n) is 5.94. The molecule has 0 heterocycles. The van der Waals surface area contributed by atoms with E-state index in [1.165, 1.54) is 19.8 Å². The fraction of sp³-hybridized carbons (Fsp3) is 0.385. The number of carbonyl (C=O) groups excluding carboxylic acids is 2. The minimum atomic E-state index is -1.34. The molecule has 1 aliphatic rings. The molecule has 158 valence electrons. The number of fused-ring (bicyclic) bond motifs is 1. The van der Waals surface area contributed by atoms with Gasteiger partial charge in [-0.25, -0.2) is 0 Å². The highest BCUT2D eigenvalue weighted by atomic mass is 16.5. The minimum absolute atomic E-state index is 0.00194. The molecule has 0 radical (unpaired) electrons. The minimum Gasteiger partial charge on any atom is -0.468 e. The summed E-state index contributed by atoms with van der Waals surface area (Å²) in [5.41, 5.74) is 3.08. The second-order valence-electron chi connectivity index (χ2n) is 8.99. The molecule has 30 heavy (non-hydrogen) atoms. The SMILES string of the molecule is COC(=O)C1(C(=O)OC)Cc2ccc(C(C)(C)C)cc2C(/C=C/c2ccccc2)C1. The predicted molar refractivity (Wildman–Crippen MR) is 118 cm³/mol. The first-order valence-corrected chi connectivity index (χ1v) is 10.2. The Bertz CT molecular complexity index is 935. The first-order chi connectivity index (χ1) is 14.2. The van der Waals surface area contributed by atoms with E-state index in [0.717, 1.165) is 16.7 Å². The fourth-order valence-electron chi connectivity index (χ4n) is 4.20. The summed E-state index contributed by atoms with van der Waals surface area (Å²) in [6.45, 7) is 6.54. The molecular weight excluding hydrogens is 376 g/mol. The monoisotopic (exact) mass is 406 g/mol. The molecule has 4 heteroatoms. The number of carbonyl (C=O) groups is 2. The van der Waals surface area contributed by atoms with Crippen LogP contribution in [-0.4, -0.2) is 26.2 Å². The van der Waals surface area contributed by atoms with Crippen molar-refractivity contribution < 1.29 is 19.1 Å². The Morgan fingerprint density at radius 3 is 2.20 bits per heavy atom. The molecule has 0 bridgehead atoms. The van der Waals surface area contributed by atoms with Crippen molar-refractivity contribution in [3.05, 3.63) is 76.9 Å². The maximum absolute atomic E-state index is 12.8. The molecule has 4 nitrogen and oxygen atoms in total. The van der Waals surface area contributed by atoms with E-state index >= 15 is 0 Å². The quantitative estimate of drug-likeness (QED) is 0.526. The Morgan fingerprint density at radius 1 is 1.00 bits per heavy atom. The number of hydrogen-bond acceptors (Lipinski definition) is 4. The third-order valence-corrected chi connectivity index (χ3v) is 5.94. The van der Waals surface area contributed by atoms with Gasteiger partial charge in [0.2, 0.25) is 0 Å². The standard InChI is InChI=1S/C26H30O4/c1-25(2,3)21-14-13-20-17-26(23(27)29-4,24(28)30-5)16-19(22(20)15-21)12-11-18-9-7-6-8-10-18/h6-15,19H,16-17H2,1-5H3/b12-11+. The first-order valence-electron chi connectivity index (χ1n) is 10.2. The fourth-order valence-corrected chi connectivity index (χ4v) is 4.20. The molecule has 2 aromatic carbocycles. The molecule has 0 saturated heterocycles. The number of ether oxygens (including phenoxy) is 2. The summed E-state index contributed by atoms with van der Waals surface area (Å²) in [4.78, 5) is 25.6. The Labute approximate surface area is 178 Å². The van der Waals surface area contributed by atoms with E-state index in [2.05, 4.69) is 39.0 Å². The van der Waals surface area contributed by atoms with Crippen molar-refractivity contribution in [2.24, 2.45) is 5.41 Å². The lowest BCUT2D eigenvalue weighted by molar-refractivity contribution is -0.170. The van der Waals surface area contributed by atoms with Gasteiger partial charge in [-0.1, -0.05) is 81.5 Å². The number of benzene rings is 2. The van der Waals surface area contributed by atoms with Crippen molar-refractivity contribution in [2.75, 3.05) is 14.2 Å². The van der Waals surface area contributed by atoms with E-state index in [-0.39, 0.29) is 17.8 Å². The van der Waals surface area contributed by atoms with E-state index < -0.39 is 17.4 Å². The first kappa shape index (κ1) is 21.8. The van der Waals surface area contributed by atoms with Gasteiger partial charge in [-0.15, -0.1) is 0 Å². The zero-order valence-corrected chi connectivity index (χ0v) is 18.4. The highest BCUT2D eigenvalue weighted by Gasteiger charge is 2.52. The van der Waals surface area contributed by atoms with Crippen LogP contribution in [0.1, 0.15) is 55.4 Å². The van der Waals surface area contributed by atoms with Crippen LogP contribution in [0.5, 0.6) is 0 Å². The Hall–Kier alpha value is -2.88. The summed E-state index contributed by atoms with van der Waals surface area (Å²) in [5.74, 6) is -1.20. The largest absolute Gasteiger partial charge is 0.468 e. The number of methoxy groups -OCH3 is 2. The van der Waals surface area contributed by atoms with Crippen molar-refractivity contribution in [1.82, 2.24) is 0 Å². The lowest BCUT2D eigenvalue weighted by Crippen LogP contribution is -2.46. The maximum atomic E-state index is 12.8. The normalized spacial score (nSPS) is 18.0. The van der Waals surface area contributed by atoms with E-state index in [4.69, 9.17) is 9.47 Å². The van der Waals surface area contributed by atoms with Crippen LogP contribution in [0, 0.1) is 5.41 Å². The molecule has 3 rings (SSSR count). The molecule has 0 saturated carbocycles. The number of hydrogen-bond donors (Lipinski definition) is 0. The van der Waals surface area contributed by atoms with Crippen LogP contribution in [0.4, 0.5) is 0 Å².